The van der Waals surface area contributed by atoms with Crippen molar-refractivity contribution in [3.05, 3.63) is 94.5 Å². The van der Waals surface area contributed by atoms with Crippen LogP contribution in [0.15, 0.2) is 66.7 Å². The predicted octanol–water partition coefficient (Wildman–Crippen LogP) is 5.41. The van der Waals surface area contributed by atoms with E-state index >= 15 is 0 Å². The van der Waals surface area contributed by atoms with Gasteiger partial charge in [0.1, 0.15) is 23.6 Å². The van der Waals surface area contributed by atoms with E-state index in [1.807, 2.05) is 42.5 Å². The van der Waals surface area contributed by atoms with Crippen molar-refractivity contribution >= 4 is 11.9 Å². The van der Waals surface area contributed by atoms with Gasteiger partial charge in [-0.05, 0) is 58.9 Å². The van der Waals surface area contributed by atoms with Gasteiger partial charge in [0.2, 0.25) is 5.91 Å². The SMILES string of the molecule is COc1cccc(CN(CC(=O)O)C(=O)Cc2ccc3c(c2)C[C@@](C)(Cc2ccc(C(C)C)cc2)O3)c1. The Morgan fingerprint density at radius 1 is 1.03 bits per heavy atom. The molecule has 37 heavy (non-hydrogen) atoms. The number of fused-ring (bicyclic) bond motifs is 1. The fourth-order valence-corrected chi connectivity index (χ4v) is 4.91. The molecule has 0 saturated carbocycles. The summed E-state index contributed by atoms with van der Waals surface area (Å²) in [6.07, 6.45) is 1.66. The molecule has 1 atom stereocenters. The third kappa shape index (κ3) is 6.70. The van der Waals surface area contributed by atoms with Crippen LogP contribution in [0, 0.1) is 0 Å². The molecule has 0 aromatic heterocycles. The number of hydrogen-bond acceptors (Lipinski definition) is 4. The van der Waals surface area contributed by atoms with E-state index < -0.39 is 5.97 Å². The molecule has 0 fully saturated rings. The first kappa shape index (κ1) is 26.3. The Kier molecular flexibility index (Phi) is 7.86. The summed E-state index contributed by atoms with van der Waals surface area (Å²) in [6.45, 7) is 6.34. The number of carboxylic acids is 1. The summed E-state index contributed by atoms with van der Waals surface area (Å²) in [5.74, 6) is 0.724. The summed E-state index contributed by atoms with van der Waals surface area (Å²) in [6, 6.07) is 21.9. The molecular formula is C31H35NO5. The van der Waals surface area contributed by atoms with E-state index in [1.54, 1.807) is 7.11 Å². The molecular weight excluding hydrogens is 466 g/mol. The van der Waals surface area contributed by atoms with Crippen molar-refractivity contribution in [3.8, 4) is 11.5 Å². The number of carbonyl (C=O) groups is 2. The van der Waals surface area contributed by atoms with Crippen molar-refractivity contribution in [1.29, 1.82) is 0 Å². The molecule has 0 aliphatic carbocycles. The Hall–Kier alpha value is -3.80. The maximum absolute atomic E-state index is 13.2. The molecule has 1 N–H and O–H groups in total. The van der Waals surface area contributed by atoms with E-state index in [1.165, 1.54) is 16.0 Å². The van der Waals surface area contributed by atoms with Crippen LogP contribution in [-0.2, 0) is 35.4 Å². The summed E-state index contributed by atoms with van der Waals surface area (Å²) < 4.78 is 11.6. The minimum atomic E-state index is -1.05. The van der Waals surface area contributed by atoms with Crippen LogP contribution in [0.25, 0.3) is 0 Å². The lowest BCUT2D eigenvalue weighted by atomic mass is 9.90. The number of methoxy groups -OCH3 is 1. The largest absolute Gasteiger partial charge is 0.497 e. The minimum absolute atomic E-state index is 0.123. The summed E-state index contributed by atoms with van der Waals surface area (Å²) in [5, 5.41) is 9.39. The Labute approximate surface area is 218 Å². The lowest BCUT2D eigenvalue weighted by molar-refractivity contribution is -0.144. The van der Waals surface area contributed by atoms with Crippen molar-refractivity contribution < 1.29 is 24.2 Å². The van der Waals surface area contributed by atoms with Crippen molar-refractivity contribution in [2.75, 3.05) is 13.7 Å². The van der Waals surface area contributed by atoms with Crippen molar-refractivity contribution in [2.45, 2.75) is 58.1 Å². The summed E-state index contributed by atoms with van der Waals surface area (Å²) in [7, 11) is 1.57. The average molecular weight is 502 g/mol. The number of rotatable bonds is 10. The third-order valence-corrected chi connectivity index (χ3v) is 6.81. The molecule has 3 aromatic carbocycles. The zero-order chi connectivity index (χ0) is 26.6. The molecule has 0 bridgehead atoms. The summed E-state index contributed by atoms with van der Waals surface area (Å²) in [4.78, 5) is 26.0. The Morgan fingerprint density at radius 2 is 1.76 bits per heavy atom. The Morgan fingerprint density at radius 3 is 2.43 bits per heavy atom. The third-order valence-electron chi connectivity index (χ3n) is 6.81. The van der Waals surface area contributed by atoms with Gasteiger partial charge in [-0.15, -0.1) is 0 Å². The first-order valence-corrected chi connectivity index (χ1v) is 12.7. The molecule has 194 valence electrons. The van der Waals surface area contributed by atoms with E-state index in [9.17, 15) is 14.7 Å². The highest BCUT2D eigenvalue weighted by Crippen LogP contribution is 2.37. The van der Waals surface area contributed by atoms with Gasteiger partial charge in [0.15, 0.2) is 0 Å². The van der Waals surface area contributed by atoms with Crippen LogP contribution in [0.3, 0.4) is 0 Å². The van der Waals surface area contributed by atoms with Gasteiger partial charge in [-0.2, -0.15) is 0 Å². The van der Waals surface area contributed by atoms with Gasteiger partial charge in [0.05, 0.1) is 13.5 Å². The highest BCUT2D eigenvalue weighted by molar-refractivity contribution is 5.83. The quantitative estimate of drug-likeness (QED) is 0.402. The lowest BCUT2D eigenvalue weighted by Gasteiger charge is -2.24. The topological polar surface area (TPSA) is 76.1 Å². The van der Waals surface area contributed by atoms with E-state index in [0.717, 1.165) is 35.3 Å². The maximum atomic E-state index is 13.2. The van der Waals surface area contributed by atoms with Gasteiger partial charge in [-0.25, -0.2) is 0 Å². The number of amides is 1. The second kappa shape index (κ2) is 11.1. The molecule has 0 unspecified atom stereocenters. The van der Waals surface area contributed by atoms with Crippen LogP contribution in [-0.4, -0.2) is 41.1 Å². The number of nitrogens with zero attached hydrogens (tertiary/aromatic N) is 1. The highest BCUT2D eigenvalue weighted by atomic mass is 16.5. The van der Waals surface area contributed by atoms with Crippen LogP contribution in [0.4, 0.5) is 0 Å². The molecule has 0 spiro atoms. The number of benzene rings is 3. The van der Waals surface area contributed by atoms with Crippen molar-refractivity contribution in [1.82, 2.24) is 4.90 Å². The van der Waals surface area contributed by atoms with Crippen LogP contribution in [0.2, 0.25) is 0 Å². The zero-order valence-corrected chi connectivity index (χ0v) is 22.0. The fourth-order valence-electron chi connectivity index (χ4n) is 4.91. The second-order valence-electron chi connectivity index (χ2n) is 10.4. The van der Waals surface area contributed by atoms with Gasteiger partial charge < -0.3 is 19.5 Å². The first-order chi connectivity index (χ1) is 17.6. The predicted molar refractivity (Wildman–Crippen MR) is 143 cm³/mol. The first-order valence-electron chi connectivity index (χ1n) is 12.7. The molecule has 1 heterocycles. The summed E-state index contributed by atoms with van der Waals surface area (Å²) >= 11 is 0. The monoisotopic (exact) mass is 501 g/mol. The zero-order valence-electron chi connectivity index (χ0n) is 22.0. The average Bonchev–Trinajstić information content (AvgIpc) is 3.18. The van der Waals surface area contributed by atoms with Gasteiger partial charge >= 0.3 is 5.97 Å². The van der Waals surface area contributed by atoms with E-state index in [4.69, 9.17) is 9.47 Å². The molecule has 6 nitrogen and oxygen atoms in total. The smallest absolute Gasteiger partial charge is 0.323 e. The van der Waals surface area contributed by atoms with Crippen molar-refractivity contribution in [2.24, 2.45) is 0 Å². The van der Waals surface area contributed by atoms with Gasteiger partial charge in [-0.1, -0.05) is 62.4 Å². The van der Waals surface area contributed by atoms with Crippen LogP contribution in [0.1, 0.15) is 54.5 Å². The van der Waals surface area contributed by atoms with Crippen LogP contribution < -0.4 is 9.47 Å². The number of hydrogen-bond donors (Lipinski definition) is 1. The fraction of sp³-hybridized carbons (Fsp3) is 0.355. The van der Waals surface area contributed by atoms with E-state index in [-0.39, 0.29) is 31.0 Å². The Bertz CT molecular complexity index is 1270. The standard InChI is InChI=1S/C31H35NO5/c1-21(2)25-11-8-22(9-12-25)17-31(3)18-26-14-23(10-13-28(26)37-31)16-29(33)32(20-30(34)35)19-24-6-5-7-27(15-24)36-4/h5-15,21H,16-20H2,1-4H3,(H,34,35)/t31-/m1/s1. The van der Waals surface area contributed by atoms with Crippen LogP contribution in [0.5, 0.6) is 11.5 Å². The van der Waals surface area contributed by atoms with Crippen molar-refractivity contribution in [3.63, 3.8) is 0 Å². The lowest BCUT2D eigenvalue weighted by Crippen LogP contribution is -2.36. The Balaban J connectivity index is 1.44. The number of ether oxygens (including phenoxy) is 2. The van der Waals surface area contributed by atoms with Gasteiger partial charge in [0.25, 0.3) is 0 Å². The molecule has 3 aromatic rings. The molecule has 0 saturated heterocycles. The second-order valence-corrected chi connectivity index (χ2v) is 10.4. The molecule has 4 rings (SSSR count). The molecule has 1 aliphatic rings. The normalized spacial score (nSPS) is 16.2. The maximum Gasteiger partial charge on any atom is 0.323 e. The van der Waals surface area contributed by atoms with E-state index in [2.05, 4.69) is 45.0 Å². The summed E-state index contributed by atoms with van der Waals surface area (Å²) in [5.41, 5.74) is 4.93. The molecule has 0 radical (unpaired) electrons. The van der Waals surface area contributed by atoms with Gasteiger partial charge in [-0.3, -0.25) is 9.59 Å². The van der Waals surface area contributed by atoms with E-state index in [0.29, 0.717) is 11.7 Å². The molecule has 1 aliphatic heterocycles. The molecule has 1 amide bonds. The number of carboxylic acid groups (broad SMARTS) is 1. The number of carbonyl (C=O) groups excluding carboxylic acids is 1. The van der Waals surface area contributed by atoms with Crippen LogP contribution >= 0.6 is 0 Å². The molecule has 6 heteroatoms. The highest BCUT2D eigenvalue weighted by Gasteiger charge is 2.35. The minimum Gasteiger partial charge on any atom is -0.497 e. The van der Waals surface area contributed by atoms with Gasteiger partial charge in [0, 0.05) is 19.4 Å². The number of aliphatic carboxylic acids is 1.